The second-order valence-corrected chi connectivity index (χ2v) is 12.7. The first-order valence-corrected chi connectivity index (χ1v) is 13.3. The third-order valence-corrected chi connectivity index (χ3v) is 11.1. The van der Waals surface area contributed by atoms with Crippen LogP contribution in [0.5, 0.6) is 0 Å². The fourth-order valence-electron chi connectivity index (χ4n) is 8.14. The molecule has 0 bridgehead atoms. The van der Waals surface area contributed by atoms with E-state index < -0.39 is 15.9 Å². The van der Waals surface area contributed by atoms with Crippen molar-refractivity contribution < 1.29 is 17.0 Å². The number of rotatable bonds is 3. The summed E-state index contributed by atoms with van der Waals surface area (Å²) in [4.78, 5) is 0.0498. The van der Waals surface area contributed by atoms with Crippen molar-refractivity contribution in [3.8, 4) is 0 Å². The fraction of sp³-hybridized carbons (Fsp3) is 0.760. The molecule has 0 amide bonds. The molecular formula is C25H35FO3S. The van der Waals surface area contributed by atoms with Gasteiger partial charge in [-0.25, -0.2) is 4.39 Å². The van der Waals surface area contributed by atoms with Crippen LogP contribution in [0.4, 0.5) is 4.39 Å². The molecule has 4 saturated carbocycles. The standard InChI is InChI=1S/C25H35FO3S/c1-24-13-3-4-22(24)21-10-5-17-16-19(11-15-25(17,2)23(21)12-14-24)29-30(27,28)20-8-6-18(26)7-9-20/h6-9,17,19,21-23H,3-5,10-16H2,1-2H3/t17-,19+,21-,22+,23-,24+,25-/m0/s1. The highest BCUT2D eigenvalue weighted by Crippen LogP contribution is 2.66. The normalized spacial score (nSPS) is 43.5. The van der Waals surface area contributed by atoms with Crippen LogP contribution in [0.1, 0.15) is 78.1 Å². The van der Waals surface area contributed by atoms with Gasteiger partial charge in [-0.15, -0.1) is 0 Å². The summed E-state index contributed by atoms with van der Waals surface area (Å²) in [5.41, 5.74) is 0.903. The minimum absolute atomic E-state index is 0.0498. The van der Waals surface area contributed by atoms with E-state index in [-0.39, 0.29) is 11.0 Å². The summed E-state index contributed by atoms with van der Waals surface area (Å²) in [5.74, 6) is 2.67. The number of hydrogen-bond donors (Lipinski definition) is 0. The van der Waals surface area contributed by atoms with Crippen molar-refractivity contribution in [3.63, 3.8) is 0 Å². The Labute approximate surface area is 180 Å². The molecule has 0 aromatic heterocycles. The second kappa shape index (κ2) is 7.30. The van der Waals surface area contributed by atoms with E-state index >= 15 is 0 Å². The molecule has 0 radical (unpaired) electrons. The van der Waals surface area contributed by atoms with Gasteiger partial charge in [0.05, 0.1) is 11.0 Å². The van der Waals surface area contributed by atoms with E-state index in [2.05, 4.69) is 13.8 Å². The van der Waals surface area contributed by atoms with E-state index in [1.54, 1.807) is 0 Å². The van der Waals surface area contributed by atoms with Crippen molar-refractivity contribution in [2.24, 2.45) is 34.5 Å². The number of fused-ring (bicyclic) bond motifs is 5. The van der Waals surface area contributed by atoms with Crippen LogP contribution in [0.15, 0.2) is 29.2 Å². The first-order valence-electron chi connectivity index (χ1n) is 11.9. The molecule has 7 atom stereocenters. The maximum absolute atomic E-state index is 13.2. The Morgan fingerprint density at radius 3 is 2.47 bits per heavy atom. The summed E-state index contributed by atoms with van der Waals surface area (Å²) >= 11 is 0. The molecule has 3 nitrogen and oxygen atoms in total. The van der Waals surface area contributed by atoms with E-state index in [1.807, 2.05) is 0 Å². The molecule has 0 heterocycles. The quantitative estimate of drug-likeness (QED) is 0.522. The van der Waals surface area contributed by atoms with Crippen molar-refractivity contribution in [1.29, 1.82) is 0 Å². The number of benzene rings is 1. The zero-order chi connectivity index (χ0) is 21.1. The molecule has 5 rings (SSSR count). The van der Waals surface area contributed by atoms with Gasteiger partial charge < -0.3 is 0 Å². The van der Waals surface area contributed by atoms with E-state index in [9.17, 15) is 12.8 Å². The summed E-state index contributed by atoms with van der Waals surface area (Å²) in [6.07, 6.45) is 11.9. The van der Waals surface area contributed by atoms with Crippen LogP contribution in [0.2, 0.25) is 0 Å². The van der Waals surface area contributed by atoms with Gasteiger partial charge in [0.1, 0.15) is 5.82 Å². The topological polar surface area (TPSA) is 43.4 Å². The Balaban J connectivity index is 1.30. The predicted molar refractivity (Wildman–Crippen MR) is 115 cm³/mol. The minimum atomic E-state index is -3.84. The Morgan fingerprint density at radius 2 is 1.70 bits per heavy atom. The van der Waals surface area contributed by atoms with E-state index in [0.717, 1.165) is 37.0 Å². The second-order valence-electron chi connectivity index (χ2n) is 11.1. The lowest BCUT2D eigenvalue weighted by Gasteiger charge is -2.60. The molecule has 1 aromatic carbocycles. The molecule has 0 unspecified atom stereocenters. The number of hydrogen-bond acceptors (Lipinski definition) is 3. The largest absolute Gasteiger partial charge is 0.297 e. The van der Waals surface area contributed by atoms with Crippen molar-refractivity contribution in [3.05, 3.63) is 30.1 Å². The van der Waals surface area contributed by atoms with Crippen LogP contribution in [0.3, 0.4) is 0 Å². The molecule has 4 fully saturated rings. The van der Waals surface area contributed by atoms with Gasteiger partial charge in [0, 0.05) is 0 Å². The lowest BCUT2D eigenvalue weighted by atomic mass is 9.45. The summed E-state index contributed by atoms with van der Waals surface area (Å²) < 4.78 is 44.2. The predicted octanol–water partition coefficient (Wildman–Crippen LogP) is 6.33. The van der Waals surface area contributed by atoms with Crippen LogP contribution >= 0.6 is 0 Å². The Kier molecular flexibility index (Phi) is 5.09. The minimum Gasteiger partial charge on any atom is -0.263 e. The summed E-state index contributed by atoms with van der Waals surface area (Å²) in [7, 11) is -3.84. The zero-order valence-electron chi connectivity index (χ0n) is 18.3. The maximum Gasteiger partial charge on any atom is 0.297 e. The average Bonchev–Trinajstić information content (AvgIpc) is 3.10. The van der Waals surface area contributed by atoms with Crippen LogP contribution < -0.4 is 0 Å². The first-order chi connectivity index (χ1) is 14.2. The molecule has 0 aliphatic heterocycles. The van der Waals surface area contributed by atoms with Crippen LogP contribution in [0, 0.1) is 40.3 Å². The molecule has 30 heavy (non-hydrogen) atoms. The maximum atomic E-state index is 13.2. The zero-order valence-corrected chi connectivity index (χ0v) is 19.1. The Morgan fingerprint density at radius 1 is 0.933 bits per heavy atom. The van der Waals surface area contributed by atoms with Crippen LogP contribution in [-0.2, 0) is 14.3 Å². The van der Waals surface area contributed by atoms with Crippen LogP contribution in [-0.4, -0.2) is 14.5 Å². The third kappa shape index (κ3) is 3.35. The molecule has 166 valence electrons. The third-order valence-electron chi connectivity index (χ3n) is 9.76. The highest BCUT2D eigenvalue weighted by molar-refractivity contribution is 7.86. The highest BCUT2D eigenvalue weighted by atomic mass is 32.2. The van der Waals surface area contributed by atoms with E-state index in [1.165, 1.54) is 69.2 Å². The highest BCUT2D eigenvalue weighted by Gasteiger charge is 2.58. The molecule has 4 aliphatic carbocycles. The molecule has 1 aromatic rings. The Bertz CT molecular complexity index is 897. The fourth-order valence-corrected chi connectivity index (χ4v) is 9.25. The van der Waals surface area contributed by atoms with Crippen molar-refractivity contribution in [2.75, 3.05) is 0 Å². The van der Waals surface area contributed by atoms with Crippen LogP contribution in [0.25, 0.3) is 0 Å². The van der Waals surface area contributed by atoms with Gasteiger partial charge in [0.15, 0.2) is 0 Å². The first kappa shape index (κ1) is 20.9. The average molecular weight is 435 g/mol. The molecule has 0 N–H and O–H groups in total. The van der Waals surface area contributed by atoms with Gasteiger partial charge in [-0.05, 0) is 117 Å². The SMILES string of the molecule is C[C@]12CCC[C@@H]1[C@@H]1CC[C@H]3C[C@H](OS(=O)(=O)c4ccc(F)cc4)CC[C@]3(C)[C@H]1CC2. The van der Waals surface area contributed by atoms with Gasteiger partial charge in [0.25, 0.3) is 10.1 Å². The Hall–Kier alpha value is -0.940. The molecule has 0 spiro atoms. The molecule has 0 saturated heterocycles. The van der Waals surface area contributed by atoms with E-state index in [0.29, 0.717) is 16.7 Å². The summed E-state index contributed by atoms with van der Waals surface area (Å²) in [5, 5.41) is 0. The lowest BCUT2D eigenvalue weighted by molar-refractivity contribution is -0.117. The van der Waals surface area contributed by atoms with Gasteiger partial charge >= 0.3 is 0 Å². The molecule has 5 heteroatoms. The summed E-state index contributed by atoms with van der Waals surface area (Å²) in [6, 6.07) is 4.94. The van der Waals surface area contributed by atoms with Gasteiger partial charge in [-0.3, -0.25) is 4.18 Å². The van der Waals surface area contributed by atoms with Crippen molar-refractivity contribution in [2.45, 2.75) is 89.1 Å². The van der Waals surface area contributed by atoms with Crippen molar-refractivity contribution in [1.82, 2.24) is 0 Å². The van der Waals surface area contributed by atoms with Gasteiger partial charge in [0.2, 0.25) is 0 Å². The van der Waals surface area contributed by atoms with Crippen molar-refractivity contribution >= 4 is 10.1 Å². The van der Waals surface area contributed by atoms with E-state index in [4.69, 9.17) is 4.18 Å². The smallest absolute Gasteiger partial charge is 0.263 e. The van der Waals surface area contributed by atoms with Gasteiger partial charge in [-0.1, -0.05) is 20.3 Å². The molecular weight excluding hydrogens is 399 g/mol. The lowest BCUT2D eigenvalue weighted by Crippen LogP contribution is -2.53. The monoisotopic (exact) mass is 434 g/mol. The van der Waals surface area contributed by atoms with Gasteiger partial charge in [-0.2, -0.15) is 8.42 Å². The number of halogens is 1. The molecule has 4 aliphatic rings. The summed E-state index contributed by atoms with van der Waals surface area (Å²) in [6.45, 7) is 5.04.